The van der Waals surface area contributed by atoms with E-state index in [1.54, 1.807) is 20.8 Å². The van der Waals surface area contributed by atoms with Crippen LogP contribution in [0.3, 0.4) is 0 Å². The van der Waals surface area contributed by atoms with Crippen molar-refractivity contribution in [1.82, 2.24) is 4.90 Å². The molecule has 7 nitrogen and oxygen atoms in total. The Hall–Kier alpha value is -2.35. The molecule has 9 heteroatoms. The van der Waals surface area contributed by atoms with E-state index in [4.69, 9.17) is 16.3 Å². The maximum Gasteiger partial charge on any atom is 0.410 e. The summed E-state index contributed by atoms with van der Waals surface area (Å²) in [5, 5.41) is 0.111. The number of hydrogen-bond donors (Lipinski definition) is 0. The monoisotopic (exact) mass is 426 g/mol. The number of methoxy groups -OCH3 is 1. The van der Waals surface area contributed by atoms with E-state index in [1.807, 2.05) is 0 Å². The van der Waals surface area contributed by atoms with E-state index in [0.717, 1.165) is 0 Å². The number of carbonyl (C=O) groups excluding carboxylic acids is 3. The van der Waals surface area contributed by atoms with Gasteiger partial charge in [-0.05, 0) is 39.0 Å². The van der Waals surface area contributed by atoms with Crippen molar-refractivity contribution in [2.45, 2.75) is 38.5 Å². The number of anilines is 1. The molecule has 2 heterocycles. The number of fused-ring (bicyclic) bond motifs is 1. The molecule has 29 heavy (non-hydrogen) atoms. The summed E-state index contributed by atoms with van der Waals surface area (Å²) in [7, 11) is 1.24. The van der Waals surface area contributed by atoms with Crippen LogP contribution in [0.15, 0.2) is 18.2 Å². The normalized spacial score (nSPS) is 24.3. The lowest BCUT2D eigenvalue weighted by Gasteiger charge is -2.37. The van der Waals surface area contributed by atoms with Crippen LogP contribution in [0.2, 0.25) is 5.02 Å². The van der Waals surface area contributed by atoms with Gasteiger partial charge < -0.3 is 19.3 Å². The van der Waals surface area contributed by atoms with E-state index in [0.29, 0.717) is 5.69 Å². The van der Waals surface area contributed by atoms with Crippen molar-refractivity contribution >= 4 is 35.3 Å². The van der Waals surface area contributed by atoms with Gasteiger partial charge >= 0.3 is 12.1 Å². The van der Waals surface area contributed by atoms with Gasteiger partial charge in [0.25, 0.3) is 5.91 Å². The highest BCUT2D eigenvalue weighted by Crippen LogP contribution is 2.42. The van der Waals surface area contributed by atoms with Gasteiger partial charge in [-0.25, -0.2) is 14.0 Å². The molecule has 0 unspecified atom stereocenters. The molecule has 1 aromatic carbocycles. The van der Waals surface area contributed by atoms with E-state index in [2.05, 4.69) is 4.74 Å². The Balaban J connectivity index is 1.79. The molecule has 0 aliphatic carbocycles. The summed E-state index contributed by atoms with van der Waals surface area (Å²) in [6, 6.07) is 4.41. The van der Waals surface area contributed by atoms with Crippen molar-refractivity contribution in [3.63, 3.8) is 0 Å². The van der Waals surface area contributed by atoms with Crippen molar-refractivity contribution in [2.75, 3.05) is 31.6 Å². The largest absolute Gasteiger partial charge is 0.465 e. The Morgan fingerprint density at radius 3 is 2.55 bits per heavy atom. The summed E-state index contributed by atoms with van der Waals surface area (Å²) < 4.78 is 25.6. The van der Waals surface area contributed by atoms with E-state index < -0.39 is 35.2 Å². The lowest BCUT2D eigenvalue weighted by molar-refractivity contribution is -0.131. The van der Waals surface area contributed by atoms with Crippen LogP contribution in [0, 0.1) is 5.92 Å². The second-order valence-electron chi connectivity index (χ2n) is 8.31. The van der Waals surface area contributed by atoms with Gasteiger partial charge in [-0.3, -0.25) is 4.79 Å². The van der Waals surface area contributed by atoms with Gasteiger partial charge in [0.05, 0.1) is 17.7 Å². The fraction of sp³-hybridized carbons (Fsp3) is 0.550. The Labute approximate surface area is 173 Å². The molecule has 0 spiro atoms. The predicted molar refractivity (Wildman–Crippen MR) is 105 cm³/mol. The van der Waals surface area contributed by atoms with Crippen LogP contribution in [-0.4, -0.2) is 60.9 Å². The summed E-state index contributed by atoms with van der Waals surface area (Å²) in [5.41, 5.74) is -2.15. The highest BCUT2D eigenvalue weighted by Gasteiger charge is 2.58. The third kappa shape index (κ3) is 4.03. The first-order valence-corrected chi connectivity index (χ1v) is 9.71. The fourth-order valence-electron chi connectivity index (χ4n) is 3.68. The highest BCUT2D eigenvalue weighted by molar-refractivity contribution is 6.34. The molecule has 0 N–H and O–H groups in total. The second kappa shape index (κ2) is 7.48. The van der Waals surface area contributed by atoms with Crippen LogP contribution in [0.1, 0.15) is 37.6 Å². The molecule has 2 aliphatic rings. The molecule has 2 amide bonds. The quantitative estimate of drug-likeness (QED) is 0.677. The number of amides is 2. The van der Waals surface area contributed by atoms with Crippen molar-refractivity contribution in [3.8, 4) is 0 Å². The Bertz CT molecular complexity index is 856. The molecule has 2 aliphatic heterocycles. The van der Waals surface area contributed by atoms with Crippen LogP contribution < -0.4 is 4.90 Å². The van der Waals surface area contributed by atoms with Gasteiger partial charge in [0.2, 0.25) is 0 Å². The number of esters is 1. The lowest BCUT2D eigenvalue weighted by atomic mass is 9.85. The second-order valence-corrected chi connectivity index (χ2v) is 8.71. The van der Waals surface area contributed by atoms with Gasteiger partial charge in [0, 0.05) is 37.7 Å². The molecular formula is C20H24ClFN2O5. The molecule has 3 rings (SSSR count). The molecular weight excluding hydrogens is 403 g/mol. The van der Waals surface area contributed by atoms with Gasteiger partial charge in [0.1, 0.15) is 5.60 Å². The lowest BCUT2D eigenvalue weighted by Crippen LogP contribution is -2.53. The van der Waals surface area contributed by atoms with Gasteiger partial charge in [-0.2, -0.15) is 0 Å². The minimum atomic E-state index is -2.05. The standard InChI is InChI=1S/C20H24ClFN2O5/c1-19(2,3)29-18(27)23-8-7-20(22)12(10-23)11-24(17(20)26)13-5-6-14(15(21)9-13)16(25)28-4/h5-6,9,12H,7-8,10-11H2,1-4H3/t12-,20+/m0/s1. The van der Waals surface area contributed by atoms with Crippen molar-refractivity contribution in [2.24, 2.45) is 5.92 Å². The third-order valence-corrected chi connectivity index (χ3v) is 5.47. The van der Waals surface area contributed by atoms with Crippen molar-refractivity contribution in [3.05, 3.63) is 28.8 Å². The van der Waals surface area contributed by atoms with Crippen LogP contribution in [0.5, 0.6) is 0 Å². The number of benzene rings is 1. The van der Waals surface area contributed by atoms with E-state index in [-0.39, 0.29) is 36.6 Å². The van der Waals surface area contributed by atoms with Crippen LogP contribution in [0.4, 0.5) is 14.9 Å². The molecule has 0 radical (unpaired) electrons. The number of hydrogen-bond acceptors (Lipinski definition) is 5. The number of piperidine rings is 1. The zero-order chi connectivity index (χ0) is 21.6. The van der Waals surface area contributed by atoms with E-state index in [9.17, 15) is 14.4 Å². The molecule has 2 saturated heterocycles. The zero-order valence-corrected chi connectivity index (χ0v) is 17.6. The topological polar surface area (TPSA) is 76.2 Å². The molecule has 158 valence electrons. The number of ether oxygens (including phenoxy) is 2. The first kappa shape index (κ1) is 21.4. The third-order valence-electron chi connectivity index (χ3n) is 5.16. The first-order chi connectivity index (χ1) is 13.5. The molecule has 2 atom stereocenters. The van der Waals surface area contributed by atoms with Crippen molar-refractivity contribution < 1.29 is 28.2 Å². The molecule has 0 aromatic heterocycles. The Kier molecular flexibility index (Phi) is 5.51. The number of likely N-dealkylation sites (tertiary alicyclic amines) is 1. The molecule has 2 fully saturated rings. The average Bonchev–Trinajstić information content (AvgIpc) is 2.90. The van der Waals surface area contributed by atoms with Gasteiger partial charge in [-0.1, -0.05) is 11.6 Å². The molecule has 1 aromatic rings. The van der Waals surface area contributed by atoms with Crippen LogP contribution in [0.25, 0.3) is 0 Å². The summed E-state index contributed by atoms with van der Waals surface area (Å²) in [6.45, 7) is 5.57. The van der Waals surface area contributed by atoms with Gasteiger partial charge in [0.15, 0.2) is 5.67 Å². The van der Waals surface area contributed by atoms with Gasteiger partial charge in [-0.15, -0.1) is 0 Å². The van der Waals surface area contributed by atoms with E-state index in [1.165, 1.54) is 35.1 Å². The first-order valence-electron chi connectivity index (χ1n) is 9.33. The highest BCUT2D eigenvalue weighted by atomic mass is 35.5. The van der Waals surface area contributed by atoms with Crippen LogP contribution in [-0.2, 0) is 14.3 Å². The Morgan fingerprint density at radius 2 is 1.97 bits per heavy atom. The number of halogens is 2. The summed E-state index contributed by atoms with van der Waals surface area (Å²) in [6.07, 6.45) is -0.615. The number of alkyl halides is 1. The minimum Gasteiger partial charge on any atom is -0.465 e. The summed E-state index contributed by atoms with van der Waals surface area (Å²) in [4.78, 5) is 39.6. The fourth-order valence-corrected chi connectivity index (χ4v) is 3.93. The average molecular weight is 427 g/mol. The number of carbonyl (C=O) groups is 3. The molecule has 0 saturated carbocycles. The summed E-state index contributed by atoms with van der Waals surface area (Å²) in [5.74, 6) is -1.94. The SMILES string of the molecule is COC(=O)c1ccc(N2C[C@@H]3CN(C(=O)OC(C)(C)C)CC[C@]3(F)C2=O)cc1Cl. The van der Waals surface area contributed by atoms with Crippen molar-refractivity contribution in [1.29, 1.82) is 0 Å². The number of nitrogens with zero attached hydrogens (tertiary/aromatic N) is 2. The summed E-state index contributed by atoms with van der Waals surface area (Å²) >= 11 is 6.14. The van der Waals surface area contributed by atoms with E-state index >= 15 is 4.39 Å². The zero-order valence-electron chi connectivity index (χ0n) is 16.8. The predicted octanol–water partition coefficient (Wildman–Crippen LogP) is 3.44. The number of rotatable bonds is 2. The molecule has 0 bridgehead atoms. The Morgan fingerprint density at radius 1 is 1.28 bits per heavy atom. The van der Waals surface area contributed by atoms with Crippen LogP contribution >= 0.6 is 11.6 Å². The smallest absolute Gasteiger partial charge is 0.410 e. The maximum atomic E-state index is 15.5. The maximum absolute atomic E-state index is 15.5. The minimum absolute atomic E-state index is 0.0850.